The fourth-order valence-electron chi connectivity index (χ4n) is 1.21. The monoisotopic (exact) mass is 180 g/mol. The fourth-order valence-corrected chi connectivity index (χ4v) is 2.34. The van der Waals surface area contributed by atoms with Gasteiger partial charge in [0.2, 0.25) is 0 Å². The van der Waals surface area contributed by atoms with Crippen LogP contribution in [0, 0.1) is 0 Å². The highest BCUT2D eigenvalue weighted by Crippen LogP contribution is 2.25. The van der Waals surface area contributed by atoms with Gasteiger partial charge in [0, 0.05) is 5.41 Å². The summed E-state index contributed by atoms with van der Waals surface area (Å²) in [5.74, 6) is 0.191. The van der Waals surface area contributed by atoms with Crippen molar-refractivity contribution in [2.75, 3.05) is 5.75 Å². The van der Waals surface area contributed by atoms with Crippen molar-refractivity contribution in [3.63, 3.8) is 0 Å². The van der Waals surface area contributed by atoms with Crippen molar-refractivity contribution in [3.8, 4) is 0 Å². The first-order valence-electron chi connectivity index (χ1n) is 3.66. The molecule has 1 aliphatic heterocycles. The molecule has 0 saturated carbocycles. The molecule has 0 atom stereocenters. The van der Waals surface area contributed by atoms with Crippen LogP contribution in [-0.2, 0) is 9.84 Å². The van der Waals surface area contributed by atoms with Crippen molar-refractivity contribution < 1.29 is 8.42 Å². The van der Waals surface area contributed by atoms with Crippen LogP contribution in [0.1, 0.15) is 5.56 Å². The molecule has 0 radical (unpaired) electrons. The van der Waals surface area contributed by atoms with E-state index in [4.69, 9.17) is 0 Å². The van der Waals surface area contributed by atoms with Gasteiger partial charge in [-0.05, 0) is 11.1 Å². The van der Waals surface area contributed by atoms with Crippen LogP contribution in [0.3, 0.4) is 0 Å². The van der Waals surface area contributed by atoms with Crippen LogP contribution in [0.5, 0.6) is 0 Å². The first-order chi connectivity index (χ1) is 5.67. The van der Waals surface area contributed by atoms with Gasteiger partial charge in [0.25, 0.3) is 0 Å². The second-order valence-corrected chi connectivity index (χ2v) is 4.67. The van der Waals surface area contributed by atoms with Gasteiger partial charge in [0.05, 0.1) is 5.75 Å². The Morgan fingerprint density at radius 1 is 1.08 bits per heavy atom. The first kappa shape index (κ1) is 7.55. The Balaban J connectivity index is 2.38. The molecule has 0 aromatic heterocycles. The number of rotatable bonds is 1. The van der Waals surface area contributed by atoms with Crippen molar-refractivity contribution >= 4 is 15.4 Å². The molecule has 0 aliphatic carbocycles. The highest BCUT2D eigenvalue weighted by atomic mass is 32.2. The van der Waals surface area contributed by atoms with Crippen LogP contribution in [0.25, 0.3) is 5.57 Å². The van der Waals surface area contributed by atoms with Gasteiger partial charge in [-0.15, -0.1) is 0 Å². The van der Waals surface area contributed by atoms with Crippen LogP contribution in [0.4, 0.5) is 0 Å². The predicted molar refractivity (Wildman–Crippen MR) is 48.2 cm³/mol. The quantitative estimate of drug-likeness (QED) is 0.655. The van der Waals surface area contributed by atoms with Crippen LogP contribution >= 0.6 is 0 Å². The molecule has 1 aromatic carbocycles. The van der Waals surface area contributed by atoms with E-state index in [0.29, 0.717) is 0 Å². The summed E-state index contributed by atoms with van der Waals surface area (Å²) in [7, 11) is -2.84. The van der Waals surface area contributed by atoms with Crippen LogP contribution in [0.15, 0.2) is 35.7 Å². The van der Waals surface area contributed by atoms with Gasteiger partial charge in [0.1, 0.15) is 0 Å². The lowest BCUT2D eigenvalue weighted by Crippen LogP contribution is -2.15. The summed E-state index contributed by atoms with van der Waals surface area (Å²) in [6, 6.07) is 9.56. The molecule has 2 rings (SSSR count). The predicted octanol–water partition coefficient (Wildman–Crippen LogP) is 1.46. The minimum atomic E-state index is -2.84. The van der Waals surface area contributed by atoms with Gasteiger partial charge < -0.3 is 0 Å². The Hall–Kier alpha value is -1.09. The van der Waals surface area contributed by atoms with Crippen molar-refractivity contribution in [1.82, 2.24) is 0 Å². The van der Waals surface area contributed by atoms with Crippen molar-refractivity contribution in [3.05, 3.63) is 41.3 Å². The third kappa shape index (κ3) is 1.28. The van der Waals surface area contributed by atoms with Gasteiger partial charge >= 0.3 is 0 Å². The van der Waals surface area contributed by atoms with Crippen molar-refractivity contribution in [1.29, 1.82) is 0 Å². The second kappa shape index (κ2) is 2.45. The van der Waals surface area contributed by atoms with Crippen LogP contribution in [0.2, 0.25) is 0 Å². The third-order valence-electron chi connectivity index (χ3n) is 1.82. The molecule has 1 aromatic rings. The molecule has 0 bridgehead atoms. The van der Waals surface area contributed by atoms with E-state index in [2.05, 4.69) is 0 Å². The van der Waals surface area contributed by atoms with E-state index in [-0.39, 0.29) is 5.75 Å². The molecule has 0 spiro atoms. The largest absolute Gasteiger partial charge is 0.224 e. The first-order valence-corrected chi connectivity index (χ1v) is 5.38. The molecule has 62 valence electrons. The van der Waals surface area contributed by atoms with Crippen LogP contribution < -0.4 is 0 Å². The molecular formula is C9H8O2S. The van der Waals surface area contributed by atoms with Gasteiger partial charge in [0.15, 0.2) is 9.84 Å². The zero-order valence-corrected chi connectivity index (χ0v) is 7.21. The SMILES string of the molecule is O=S1(=O)C=C(c2ccccc2)C1. The highest BCUT2D eigenvalue weighted by molar-refractivity contribution is 7.96. The summed E-state index contributed by atoms with van der Waals surface area (Å²) in [5, 5.41) is 1.34. The normalized spacial score (nSPS) is 19.5. The number of hydrogen-bond acceptors (Lipinski definition) is 2. The van der Waals surface area contributed by atoms with Gasteiger partial charge in [-0.2, -0.15) is 0 Å². The summed E-state index contributed by atoms with van der Waals surface area (Å²) < 4.78 is 21.6. The second-order valence-electron chi connectivity index (χ2n) is 2.82. The average Bonchev–Trinajstić information content (AvgIpc) is 2.02. The zero-order chi connectivity index (χ0) is 8.60. The fraction of sp³-hybridized carbons (Fsp3) is 0.111. The van der Waals surface area contributed by atoms with E-state index in [1.54, 1.807) is 0 Å². The van der Waals surface area contributed by atoms with E-state index < -0.39 is 9.84 Å². The summed E-state index contributed by atoms with van der Waals surface area (Å²) >= 11 is 0. The summed E-state index contributed by atoms with van der Waals surface area (Å²) in [6.45, 7) is 0. The van der Waals surface area contributed by atoms with Gasteiger partial charge in [-0.1, -0.05) is 30.3 Å². The minimum absolute atomic E-state index is 0.191. The Kier molecular flexibility index (Phi) is 1.54. The molecular weight excluding hydrogens is 172 g/mol. The standard InChI is InChI=1S/C9H8O2S/c10-12(11)6-9(7-12)8-4-2-1-3-5-8/h1-6H,7H2. The Labute approximate surface area is 71.5 Å². The maximum Gasteiger partial charge on any atom is 0.176 e. The molecule has 3 heteroatoms. The van der Waals surface area contributed by atoms with E-state index in [0.717, 1.165) is 11.1 Å². The van der Waals surface area contributed by atoms with E-state index >= 15 is 0 Å². The topological polar surface area (TPSA) is 34.1 Å². The Morgan fingerprint density at radius 3 is 2.17 bits per heavy atom. The molecule has 1 aliphatic rings. The maximum absolute atomic E-state index is 10.8. The maximum atomic E-state index is 10.8. The summed E-state index contributed by atoms with van der Waals surface area (Å²) in [4.78, 5) is 0. The molecule has 0 N–H and O–H groups in total. The summed E-state index contributed by atoms with van der Waals surface area (Å²) in [6.07, 6.45) is 0. The molecule has 0 unspecified atom stereocenters. The summed E-state index contributed by atoms with van der Waals surface area (Å²) in [5.41, 5.74) is 1.92. The lowest BCUT2D eigenvalue weighted by molar-refractivity contribution is 0.605. The molecule has 0 saturated heterocycles. The van der Waals surface area contributed by atoms with Crippen molar-refractivity contribution in [2.45, 2.75) is 0 Å². The smallest absolute Gasteiger partial charge is 0.176 e. The minimum Gasteiger partial charge on any atom is -0.224 e. The van der Waals surface area contributed by atoms with E-state index in [1.807, 2.05) is 30.3 Å². The highest BCUT2D eigenvalue weighted by Gasteiger charge is 2.22. The lowest BCUT2D eigenvalue weighted by atomic mass is 10.1. The molecule has 1 heterocycles. The Bertz CT molecular complexity index is 415. The number of benzene rings is 1. The van der Waals surface area contributed by atoms with Gasteiger partial charge in [-0.3, -0.25) is 0 Å². The van der Waals surface area contributed by atoms with E-state index in [9.17, 15) is 8.42 Å². The lowest BCUT2D eigenvalue weighted by Gasteiger charge is -2.14. The average molecular weight is 180 g/mol. The molecule has 0 amide bonds. The zero-order valence-electron chi connectivity index (χ0n) is 6.40. The van der Waals surface area contributed by atoms with Crippen LogP contribution in [-0.4, -0.2) is 14.2 Å². The molecule has 0 fully saturated rings. The van der Waals surface area contributed by atoms with Gasteiger partial charge in [-0.25, -0.2) is 8.42 Å². The Morgan fingerprint density at radius 2 is 1.67 bits per heavy atom. The van der Waals surface area contributed by atoms with Crippen molar-refractivity contribution in [2.24, 2.45) is 0 Å². The third-order valence-corrected chi connectivity index (χ3v) is 3.18. The van der Waals surface area contributed by atoms with E-state index in [1.165, 1.54) is 5.41 Å². The molecule has 12 heavy (non-hydrogen) atoms. The molecule has 2 nitrogen and oxygen atoms in total. The number of sulfone groups is 1. The number of hydrogen-bond donors (Lipinski definition) is 0.